The first kappa shape index (κ1) is 12.6. The maximum absolute atomic E-state index is 7.38. The van der Waals surface area contributed by atoms with Gasteiger partial charge in [-0.15, -0.1) is 11.3 Å². The maximum atomic E-state index is 7.38. The lowest BCUT2D eigenvalue weighted by Gasteiger charge is -2.26. The molecule has 0 amide bonds. The average molecular weight is 259 g/mol. The summed E-state index contributed by atoms with van der Waals surface area (Å²) in [7, 11) is 2.08. The highest BCUT2D eigenvalue weighted by atomic mass is 32.1. The molecule has 0 bridgehead atoms. The summed E-state index contributed by atoms with van der Waals surface area (Å²) in [5.41, 5.74) is 7.33. The van der Waals surface area contributed by atoms with Crippen molar-refractivity contribution in [1.29, 1.82) is 5.41 Å². The van der Waals surface area contributed by atoms with Crippen LogP contribution in [0.15, 0.2) is 41.8 Å². The third-order valence-corrected chi connectivity index (χ3v) is 4.16. The average Bonchev–Trinajstić information content (AvgIpc) is 2.91. The van der Waals surface area contributed by atoms with Crippen molar-refractivity contribution in [3.63, 3.8) is 0 Å². The Morgan fingerprint density at radius 2 is 1.94 bits per heavy atom. The summed E-state index contributed by atoms with van der Waals surface area (Å²) in [4.78, 5) is 3.56. The van der Waals surface area contributed by atoms with E-state index in [1.165, 1.54) is 4.88 Å². The predicted molar refractivity (Wildman–Crippen MR) is 78.6 cm³/mol. The molecule has 1 atom stereocenters. The van der Waals surface area contributed by atoms with Crippen LogP contribution in [-0.4, -0.2) is 12.9 Å². The van der Waals surface area contributed by atoms with Gasteiger partial charge in [-0.2, -0.15) is 0 Å². The number of nitrogens with two attached hydrogens (primary N) is 1. The molecule has 3 nitrogen and oxygen atoms in total. The molecule has 0 aliphatic heterocycles. The Balaban J connectivity index is 2.18. The summed E-state index contributed by atoms with van der Waals surface area (Å²) in [5.74, 6) is 0.107. The highest BCUT2D eigenvalue weighted by molar-refractivity contribution is 7.10. The smallest absolute Gasteiger partial charge is 0.122 e. The summed E-state index contributed by atoms with van der Waals surface area (Å²) >= 11 is 1.77. The molecule has 0 aliphatic carbocycles. The zero-order valence-corrected chi connectivity index (χ0v) is 11.4. The van der Waals surface area contributed by atoms with Gasteiger partial charge in [0.1, 0.15) is 5.84 Å². The number of thiophene rings is 1. The molecule has 1 aromatic heterocycles. The van der Waals surface area contributed by atoms with Crippen LogP contribution in [0.2, 0.25) is 0 Å². The van der Waals surface area contributed by atoms with Crippen LogP contribution in [0.3, 0.4) is 0 Å². The predicted octanol–water partition coefficient (Wildman–Crippen LogP) is 3.23. The van der Waals surface area contributed by atoms with Gasteiger partial charge < -0.3 is 10.6 Å². The quantitative estimate of drug-likeness (QED) is 0.654. The fraction of sp³-hybridized carbons (Fsp3) is 0.214. The standard InChI is InChI=1S/C14H17N3S/c1-10(13-4-3-9-18-13)17(2)12-7-5-11(6-8-12)14(15)16/h3-10H,1-2H3,(H3,15,16). The normalized spacial score (nSPS) is 12.1. The fourth-order valence-electron chi connectivity index (χ4n) is 1.82. The molecule has 1 unspecified atom stereocenters. The molecule has 18 heavy (non-hydrogen) atoms. The van der Waals surface area contributed by atoms with E-state index >= 15 is 0 Å². The molecule has 0 radical (unpaired) electrons. The van der Waals surface area contributed by atoms with Crippen LogP contribution in [0.4, 0.5) is 5.69 Å². The van der Waals surface area contributed by atoms with Crippen LogP contribution in [0, 0.1) is 5.41 Å². The molecule has 3 N–H and O–H groups in total. The molecule has 1 aromatic carbocycles. The molecular weight excluding hydrogens is 242 g/mol. The minimum atomic E-state index is 0.107. The first-order valence-corrected chi connectivity index (χ1v) is 6.68. The first-order valence-electron chi connectivity index (χ1n) is 5.80. The Labute approximate surface area is 111 Å². The van der Waals surface area contributed by atoms with E-state index in [9.17, 15) is 0 Å². The van der Waals surface area contributed by atoms with Gasteiger partial charge in [-0.1, -0.05) is 6.07 Å². The number of benzene rings is 1. The van der Waals surface area contributed by atoms with Crippen molar-refractivity contribution in [1.82, 2.24) is 0 Å². The second-order valence-corrected chi connectivity index (χ2v) is 5.24. The molecule has 1 heterocycles. The van der Waals surface area contributed by atoms with Crippen molar-refractivity contribution in [2.75, 3.05) is 11.9 Å². The van der Waals surface area contributed by atoms with E-state index in [1.807, 2.05) is 24.3 Å². The van der Waals surface area contributed by atoms with Gasteiger partial charge in [0.05, 0.1) is 6.04 Å². The lowest BCUT2D eigenvalue weighted by molar-refractivity contribution is 0.754. The lowest BCUT2D eigenvalue weighted by Crippen LogP contribution is -2.21. The third-order valence-electron chi connectivity index (χ3n) is 3.12. The summed E-state index contributed by atoms with van der Waals surface area (Å²) in [6.45, 7) is 2.19. The number of rotatable bonds is 4. The van der Waals surface area contributed by atoms with E-state index in [1.54, 1.807) is 11.3 Å². The molecular formula is C14H17N3S. The molecule has 2 rings (SSSR count). The Bertz CT molecular complexity index is 516. The molecule has 0 aliphatic rings. The number of nitrogens with one attached hydrogen (secondary N) is 1. The van der Waals surface area contributed by atoms with Gasteiger partial charge in [-0.25, -0.2) is 0 Å². The van der Waals surface area contributed by atoms with Crippen LogP contribution < -0.4 is 10.6 Å². The number of hydrogen-bond acceptors (Lipinski definition) is 3. The minimum absolute atomic E-state index is 0.107. The Hall–Kier alpha value is -1.81. The van der Waals surface area contributed by atoms with Gasteiger partial charge >= 0.3 is 0 Å². The molecule has 0 spiro atoms. The number of nitrogen functional groups attached to an aromatic ring is 1. The number of hydrogen-bond donors (Lipinski definition) is 2. The highest BCUT2D eigenvalue weighted by Crippen LogP contribution is 2.28. The second kappa shape index (κ2) is 5.23. The molecule has 94 valence electrons. The van der Waals surface area contributed by atoms with Gasteiger partial charge in [0.25, 0.3) is 0 Å². The monoisotopic (exact) mass is 259 g/mol. The van der Waals surface area contributed by atoms with Crippen molar-refractivity contribution in [3.8, 4) is 0 Å². The van der Waals surface area contributed by atoms with Gasteiger partial charge in [-0.05, 0) is 42.6 Å². The minimum Gasteiger partial charge on any atom is -0.384 e. The number of anilines is 1. The van der Waals surface area contributed by atoms with Gasteiger partial charge in [0.2, 0.25) is 0 Å². The maximum Gasteiger partial charge on any atom is 0.122 e. The van der Waals surface area contributed by atoms with E-state index in [0.29, 0.717) is 6.04 Å². The fourth-order valence-corrected chi connectivity index (χ4v) is 2.65. The van der Waals surface area contributed by atoms with Crippen LogP contribution in [-0.2, 0) is 0 Å². The second-order valence-electron chi connectivity index (χ2n) is 4.26. The summed E-state index contributed by atoms with van der Waals surface area (Å²) in [5, 5.41) is 9.47. The van der Waals surface area contributed by atoms with Crippen LogP contribution in [0.25, 0.3) is 0 Å². The first-order chi connectivity index (χ1) is 8.59. The molecule has 4 heteroatoms. The van der Waals surface area contributed by atoms with Crippen molar-refractivity contribution >= 4 is 22.9 Å². The Kier molecular flexibility index (Phi) is 3.67. The molecule has 0 fully saturated rings. The zero-order chi connectivity index (χ0) is 13.1. The van der Waals surface area contributed by atoms with E-state index in [4.69, 9.17) is 11.1 Å². The van der Waals surface area contributed by atoms with Crippen LogP contribution >= 0.6 is 11.3 Å². The zero-order valence-electron chi connectivity index (χ0n) is 10.6. The molecule has 2 aromatic rings. The van der Waals surface area contributed by atoms with Crippen molar-refractivity contribution in [3.05, 3.63) is 52.2 Å². The number of amidine groups is 1. The summed E-state index contributed by atoms with van der Waals surface area (Å²) < 4.78 is 0. The van der Waals surface area contributed by atoms with E-state index < -0.39 is 0 Å². The van der Waals surface area contributed by atoms with E-state index in [-0.39, 0.29) is 5.84 Å². The van der Waals surface area contributed by atoms with Crippen molar-refractivity contribution < 1.29 is 0 Å². The van der Waals surface area contributed by atoms with Gasteiger partial charge in [0.15, 0.2) is 0 Å². The van der Waals surface area contributed by atoms with Crippen molar-refractivity contribution in [2.24, 2.45) is 5.73 Å². The van der Waals surface area contributed by atoms with Gasteiger partial charge in [0, 0.05) is 23.2 Å². The SMILES string of the molecule is CC(c1cccs1)N(C)c1ccc(C(=N)N)cc1. The van der Waals surface area contributed by atoms with Crippen molar-refractivity contribution in [2.45, 2.75) is 13.0 Å². The summed E-state index contributed by atoms with van der Waals surface area (Å²) in [6, 6.07) is 12.3. The van der Waals surface area contributed by atoms with E-state index in [2.05, 4.69) is 36.4 Å². The molecule has 0 saturated heterocycles. The Morgan fingerprint density at radius 1 is 1.28 bits per heavy atom. The third kappa shape index (κ3) is 2.54. The van der Waals surface area contributed by atoms with Crippen LogP contribution in [0.1, 0.15) is 23.4 Å². The van der Waals surface area contributed by atoms with Gasteiger partial charge in [-0.3, -0.25) is 5.41 Å². The topological polar surface area (TPSA) is 53.1 Å². The number of nitrogens with zero attached hydrogens (tertiary/aromatic N) is 1. The van der Waals surface area contributed by atoms with Crippen LogP contribution in [0.5, 0.6) is 0 Å². The largest absolute Gasteiger partial charge is 0.384 e. The Morgan fingerprint density at radius 3 is 2.44 bits per heavy atom. The van der Waals surface area contributed by atoms with E-state index in [0.717, 1.165) is 11.3 Å². The lowest BCUT2D eigenvalue weighted by atomic mass is 10.1. The highest BCUT2D eigenvalue weighted by Gasteiger charge is 2.13. The summed E-state index contributed by atoms with van der Waals surface area (Å²) in [6.07, 6.45) is 0. The molecule has 0 saturated carbocycles.